The summed E-state index contributed by atoms with van der Waals surface area (Å²) in [5, 5.41) is 14.3. The number of imidazole rings is 1. The van der Waals surface area contributed by atoms with Gasteiger partial charge in [-0.2, -0.15) is 5.21 Å². The topological polar surface area (TPSA) is 95.8 Å². The van der Waals surface area contributed by atoms with Gasteiger partial charge in [0, 0.05) is 42.8 Å². The van der Waals surface area contributed by atoms with Gasteiger partial charge < -0.3 is 9.47 Å². The second-order valence-corrected chi connectivity index (χ2v) is 13.3. The van der Waals surface area contributed by atoms with Gasteiger partial charge in [0.1, 0.15) is 5.82 Å². The normalized spacial score (nSPS) is 24.2. The Bertz CT molecular complexity index is 1780. The molecule has 5 aromatic rings. The second-order valence-electron chi connectivity index (χ2n) is 13.3. The van der Waals surface area contributed by atoms with Crippen molar-refractivity contribution < 1.29 is 4.79 Å². The Balaban J connectivity index is 0.971. The average Bonchev–Trinajstić information content (AvgIpc) is 3.80. The molecule has 3 saturated heterocycles. The molecule has 1 N–H and O–H groups in total. The third-order valence-corrected chi connectivity index (χ3v) is 11.0. The van der Waals surface area contributed by atoms with E-state index in [0.717, 1.165) is 55.8 Å². The summed E-state index contributed by atoms with van der Waals surface area (Å²) in [6.45, 7) is 5.97. The molecule has 3 aromatic carbocycles. The smallest absolute Gasteiger partial charge is 0.253 e. The number of para-hydroxylation sites is 2. The van der Waals surface area contributed by atoms with Gasteiger partial charge in [-0.15, -0.1) is 10.2 Å². The van der Waals surface area contributed by atoms with Crippen molar-refractivity contribution in [2.45, 2.75) is 62.9 Å². The lowest BCUT2D eigenvalue weighted by Crippen LogP contribution is -2.47. The van der Waals surface area contributed by atoms with Gasteiger partial charge >= 0.3 is 0 Å². The minimum Gasteiger partial charge on any atom is -0.339 e. The molecular formula is C36H40N8O. The van der Waals surface area contributed by atoms with Crippen LogP contribution >= 0.6 is 0 Å². The third kappa shape index (κ3) is 5.13. The Morgan fingerprint density at radius 2 is 1.80 bits per heavy atom. The summed E-state index contributed by atoms with van der Waals surface area (Å²) in [6.07, 6.45) is 6.83. The number of hydrogen-bond acceptors (Lipinski definition) is 6. The number of likely N-dealkylation sites (tertiary alicyclic amines) is 1. The van der Waals surface area contributed by atoms with Crippen LogP contribution in [0.5, 0.6) is 0 Å². The number of amides is 1. The SMILES string of the molecule is Cc1nc2ccccc2n1C1C[C@@H]2CC[N@](C1)C2CCC1(c2ccccc2)CCN(C(=O)c2cccc(-c3nn[nH]n3)c2)CC1. The van der Waals surface area contributed by atoms with E-state index in [1.165, 1.54) is 36.9 Å². The van der Waals surface area contributed by atoms with E-state index < -0.39 is 0 Å². The fourth-order valence-electron chi connectivity index (χ4n) is 8.71. The summed E-state index contributed by atoms with van der Waals surface area (Å²) in [4.78, 5) is 23.3. The van der Waals surface area contributed by atoms with Crippen LogP contribution in [0.25, 0.3) is 22.4 Å². The fraction of sp³-hybridized carbons (Fsp3) is 0.417. The van der Waals surface area contributed by atoms with E-state index in [4.69, 9.17) is 4.98 Å². The summed E-state index contributed by atoms with van der Waals surface area (Å²) in [5.41, 5.74) is 5.35. The van der Waals surface area contributed by atoms with Crippen molar-refractivity contribution in [2.24, 2.45) is 5.92 Å². The molecule has 230 valence electrons. The Kier molecular flexibility index (Phi) is 7.20. The molecule has 8 rings (SSSR count). The molecule has 1 amide bonds. The predicted octanol–water partition coefficient (Wildman–Crippen LogP) is 5.81. The standard InChI is InChI=1S/C36H40N8O/c1-25-37-31-12-5-6-13-33(31)44(25)30-23-26-15-19-43(24-30)32(26)14-16-36(29-10-3-2-4-11-29)17-20-42(21-18-36)35(45)28-9-7-8-27(22-28)34-38-40-41-39-34/h2-13,22,26,30,32H,14-21,23-24H2,1H3,(H,38,39,40,41)/t26-,30?,32?/m0/s1. The number of carbonyl (C=O) groups excluding carboxylic acids is 1. The van der Waals surface area contributed by atoms with Crippen molar-refractivity contribution in [1.82, 2.24) is 40.0 Å². The lowest BCUT2D eigenvalue weighted by molar-refractivity contribution is 0.0634. The predicted molar refractivity (Wildman–Crippen MR) is 174 cm³/mol. The number of rotatable bonds is 7. The largest absolute Gasteiger partial charge is 0.339 e. The van der Waals surface area contributed by atoms with Crippen molar-refractivity contribution in [2.75, 3.05) is 26.2 Å². The van der Waals surface area contributed by atoms with Gasteiger partial charge in [0.25, 0.3) is 5.91 Å². The van der Waals surface area contributed by atoms with Crippen LogP contribution in [0.2, 0.25) is 0 Å². The number of benzene rings is 3. The minimum atomic E-state index is 0.0757. The number of carbonyl (C=O) groups is 1. The zero-order valence-electron chi connectivity index (χ0n) is 25.8. The fourth-order valence-corrected chi connectivity index (χ4v) is 8.71. The van der Waals surface area contributed by atoms with E-state index in [0.29, 0.717) is 29.4 Å². The maximum atomic E-state index is 13.7. The van der Waals surface area contributed by atoms with Gasteiger partial charge in [-0.25, -0.2) is 4.98 Å². The van der Waals surface area contributed by atoms with Crippen molar-refractivity contribution in [1.29, 1.82) is 0 Å². The zero-order valence-corrected chi connectivity index (χ0v) is 25.8. The molecule has 0 spiro atoms. The van der Waals surface area contributed by atoms with Crippen LogP contribution in [-0.4, -0.2) is 78.1 Å². The van der Waals surface area contributed by atoms with Crippen LogP contribution in [0.4, 0.5) is 0 Å². The van der Waals surface area contributed by atoms with Crippen molar-refractivity contribution in [3.8, 4) is 11.4 Å². The van der Waals surface area contributed by atoms with Gasteiger partial charge in [0.05, 0.1) is 11.0 Å². The maximum absolute atomic E-state index is 13.7. The van der Waals surface area contributed by atoms with Gasteiger partial charge in [0.2, 0.25) is 5.82 Å². The molecule has 3 fully saturated rings. The molecule has 9 nitrogen and oxygen atoms in total. The van der Waals surface area contributed by atoms with E-state index in [-0.39, 0.29) is 11.3 Å². The highest BCUT2D eigenvalue weighted by molar-refractivity contribution is 5.95. The molecule has 0 radical (unpaired) electrons. The molecule has 45 heavy (non-hydrogen) atoms. The first-order valence-corrected chi connectivity index (χ1v) is 16.4. The summed E-state index contributed by atoms with van der Waals surface area (Å²) in [7, 11) is 0. The van der Waals surface area contributed by atoms with Gasteiger partial charge in [-0.05, 0) is 98.4 Å². The number of aromatic nitrogens is 6. The molecule has 2 unspecified atom stereocenters. The average molecular weight is 601 g/mol. The molecule has 9 heteroatoms. The van der Waals surface area contributed by atoms with Crippen molar-refractivity contribution >= 4 is 16.9 Å². The molecule has 3 aliphatic heterocycles. The summed E-state index contributed by atoms with van der Waals surface area (Å²) < 4.78 is 2.51. The number of tetrazole rings is 1. The lowest BCUT2D eigenvalue weighted by Gasteiger charge is -2.45. The van der Waals surface area contributed by atoms with E-state index in [2.05, 4.69) is 91.6 Å². The molecule has 4 atom stereocenters. The number of piperidine rings is 2. The van der Waals surface area contributed by atoms with Gasteiger partial charge in [0.15, 0.2) is 0 Å². The number of fused-ring (bicyclic) bond motifs is 3. The quantitative estimate of drug-likeness (QED) is 0.253. The number of nitrogens with zero attached hydrogens (tertiary/aromatic N) is 7. The zero-order chi connectivity index (χ0) is 30.4. The van der Waals surface area contributed by atoms with Crippen LogP contribution in [0.1, 0.15) is 66.3 Å². The number of aromatic amines is 1. The van der Waals surface area contributed by atoms with Crippen molar-refractivity contribution in [3.63, 3.8) is 0 Å². The number of H-pyrrole nitrogens is 1. The highest BCUT2D eigenvalue weighted by Crippen LogP contribution is 2.46. The van der Waals surface area contributed by atoms with Crippen LogP contribution in [0.3, 0.4) is 0 Å². The second kappa shape index (κ2) is 11.5. The summed E-state index contributed by atoms with van der Waals surface area (Å²) >= 11 is 0. The highest BCUT2D eigenvalue weighted by Gasteiger charge is 2.44. The van der Waals surface area contributed by atoms with Gasteiger partial charge in [-0.3, -0.25) is 9.69 Å². The Morgan fingerprint density at radius 3 is 2.60 bits per heavy atom. The molecule has 0 aliphatic carbocycles. The first kappa shape index (κ1) is 28.1. The van der Waals surface area contributed by atoms with Gasteiger partial charge in [-0.1, -0.05) is 54.6 Å². The number of aryl methyl sites for hydroxylation is 1. The number of hydrogen-bond donors (Lipinski definition) is 1. The van der Waals surface area contributed by atoms with Crippen LogP contribution < -0.4 is 0 Å². The summed E-state index contributed by atoms with van der Waals surface area (Å²) in [5.74, 6) is 2.42. The van der Waals surface area contributed by atoms with Crippen LogP contribution in [0, 0.1) is 12.8 Å². The van der Waals surface area contributed by atoms with Crippen molar-refractivity contribution in [3.05, 3.63) is 95.8 Å². The third-order valence-electron chi connectivity index (χ3n) is 11.0. The molecule has 0 saturated carbocycles. The van der Waals surface area contributed by atoms with E-state index in [1.54, 1.807) is 0 Å². The van der Waals surface area contributed by atoms with Crippen LogP contribution in [-0.2, 0) is 5.41 Å². The maximum Gasteiger partial charge on any atom is 0.253 e. The Morgan fingerprint density at radius 1 is 0.978 bits per heavy atom. The van der Waals surface area contributed by atoms with E-state index in [1.807, 2.05) is 29.2 Å². The highest BCUT2D eigenvalue weighted by atomic mass is 16.2. The molecule has 2 bridgehead atoms. The first-order chi connectivity index (χ1) is 22.1. The van der Waals surface area contributed by atoms with E-state index in [9.17, 15) is 4.79 Å². The molecule has 3 aliphatic rings. The lowest BCUT2D eigenvalue weighted by atomic mass is 9.68. The monoisotopic (exact) mass is 600 g/mol. The first-order valence-electron chi connectivity index (χ1n) is 16.4. The minimum absolute atomic E-state index is 0.0757. The summed E-state index contributed by atoms with van der Waals surface area (Å²) in [6, 6.07) is 28.3. The molecule has 5 heterocycles. The Hall–Kier alpha value is -4.37. The molecule has 2 aromatic heterocycles. The van der Waals surface area contributed by atoms with Crippen LogP contribution in [0.15, 0.2) is 78.9 Å². The van der Waals surface area contributed by atoms with E-state index >= 15 is 0 Å². The molecular weight excluding hydrogens is 560 g/mol. The Labute approximate surface area is 263 Å². The number of nitrogens with one attached hydrogen (secondary N) is 1.